The summed E-state index contributed by atoms with van der Waals surface area (Å²) in [6, 6.07) is 13.9. The third-order valence-corrected chi connectivity index (χ3v) is 3.98. The Labute approximate surface area is 138 Å². The van der Waals surface area contributed by atoms with E-state index in [1.165, 1.54) is 17.0 Å². The van der Waals surface area contributed by atoms with Crippen LogP contribution in [0.1, 0.15) is 17.2 Å². The van der Waals surface area contributed by atoms with Crippen LogP contribution >= 0.6 is 0 Å². The van der Waals surface area contributed by atoms with Gasteiger partial charge in [0, 0.05) is 6.54 Å². The van der Waals surface area contributed by atoms with Gasteiger partial charge in [-0.2, -0.15) is 0 Å². The molecule has 1 amide bonds. The number of nitrogens with zero attached hydrogens (tertiary/aromatic N) is 1. The molecule has 0 bridgehead atoms. The second kappa shape index (κ2) is 6.80. The first-order valence-corrected chi connectivity index (χ1v) is 7.49. The molecule has 0 unspecified atom stereocenters. The van der Waals surface area contributed by atoms with Crippen molar-refractivity contribution in [3.05, 3.63) is 71.5 Å². The highest BCUT2D eigenvalue weighted by molar-refractivity contribution is 5.83. The Bertz CT molecular complexity index is 732. The highest BCUT2D eigenvalue weighted by Gasteiger charge is 2.41. The number of carbonyl (C=O) groups excluding carboxylic acids is 1. The van der Waals surface area contributed by atoms with Crippen LogP contribution in [0.4, 0.5) is 4.39 Å². The molecule has 1 aliphatic heterocycles. The van der Waals surface area contributed by atoms with Crippen LogP contribution in [0.5, 0.6) is 0 Å². The van der Waals surface area contributed by atoms with Crippen LogP contribution in [-0.2, 0) is 20.9 Å². The van der Waals surface area contributed by atoms with E-state index in [0.717, 1.165) is 5.56 Å². The molecule has 1 fully saturated rings. The van der Waals surface area contributed by atoms with Crippen LogP contribution in [-0.4, -0.2) is 34.6 Å². The van der Waals surface area contributed by atoms with E-state index in [0.29, 0.717) is 5.56 Å². The van der Waals surface area contributed by atoms with Crippen molar-refractivity contribution in [1.82, 2.24) is 4.90 Å². The summed E-state index contributed by atoms with van der Waals surface area (Å²) in [6.07, 6.45) is -1.15. The molecule has 0 aromatic heterocycles. The molecule has 0 radical (unpaired) electrons. The van der Waals surface area contributed by atoms with E-state index in [2.05, 4.69) is 0 Å². The summed E-state index contributed by atoms with van der Waals surface area (Å²) in [6.45, 7) is -0.104. The number of morpholine rings is 1. The molecule has 0 spiro atoms. The van der Waals surface area contributed by atoms with E-state index in [-0.39, 0.29) is 24.9 Å². The van der Waals surface area contributed by atoms with E-state index < -0.39 is 18.1 Å². The molecule has 124 valence electrons. The molecule has 2 aromatic carbocycles. The lowest BCUT2D eigenvalue weighted by Gasteiger charge is -2.39. The standard InChI is InChI=1S/C18H16FNO4/c19-14-8-6-12(7-9-14)10-20-15(21)11-24-17(18(22)23)16(20)13-4-2-1-3-5-13/h1-9,16-17H,10-11H2,(H,22,23)/t16-,17-/m1/s1. The largest absolute Gasteiger partial charge is 0.479 e. The topological polar surface area (TPSA) is 66.8 Å². The number of hydrogen-bond donors (Lipinski definition) is 1. The van der Waals surface area contributed by atoms with Crippen LogP contribution in [0.2, 0.25) is 0 Å². The first-order chi connectivity index (χ1) is 11.6. The number of carboxylic acid groups (broad SMARTS) is 1. The summed E-state index contributed by atoms with van der Waals surface area (Å²) in [4.78, 5) is 25.4. The number of carbonyl (C=O) groups is 2. The van der Waals surface area contributed by atoms with Crippen LogP contribution < -0.4 is 0 Å². The van der Waals surface area contributed by atoms with E-state index in [1.807, 2.05) is 6.07 Å². The summed E-state index contributed by atoms with van der Waals surface area (Å²) in [7, 11) is 0. The molecule has 24 heavy (non-hydrogen) atoms. The first-order valence-electron chi connectivity index (χ1n) is 7.49. The predicted molar refractivity (Wildman–Crippen MR) is 83.5 cm³/mol. The number of rotatable bonds is 4. The molecular weight excluding hydrogens is 313 g/mol. The molecule has 0 aliphatic carbocycles. The van der Waals surface area contributed by atoms with Gasteiger partial charge in [0.1, 0.15) is 12.4 Å². The number of carboxylic acids is 1. The third-order valence-electron chi connectivity index (χ3n) is 3.98. The summed E-state index contributed by atoms with van der Waals surface area (Å²) < 4.78 is 18.3. The van der Waals surface area contributed by atoms with E-state index >= 15 is 0 Å². The molecule has 3 rings (SSSR count). The van der Waals surface area contributed by atoms with Crippen molar-refractivity contribution in [3.63, 3.8) is 0 Å². The van der Waals surface area contributed by atoms with Crippen molar-refractivity contribution in [2.24, 2.45) is 0 Å². The number of halogens is 1. The highest BCUT2D eigenvalue weighted by Crippen LogP contribution is 2.31. The van der Waals surface area contributed by atoms with Crippen LogP contribution in [0.25, 0.3) is 0 Å². The van der Waals surface area contributed by atoms with E-state index in [4.69, 9.17) is 4.74 Å². The van der Waals surface area contributed by atoms with Gasteiger partial charge in [0.25, 0.3) is 0 Å². The predicted octanol–water partition coefficient (Wildman–Crippen LogP) is 2.38. The average Bonchev–Trinajstić information content (AvgIpc) is 2.59. The Kier molecular flexibility index (Phi) is 4.57. The third kappa shape index (κ3) is 3.28. The maximum atomic E-state index is 13.1. The fourth-order valence-electron chi connectivity index (χ4n) is 2.84. The van der Waals surface area contributed by atoms with Crippen LogP contribution in [0.3, 0.4) is 0 Å². The fourth-order valence-corrected chi connectivity index (χ4v) is 2.84. The van der Waals surface area contributed by atoms with Gasteiger partial charge in [0.15, 0.2) is 6.10 Å². The molecule has 1 saturated heterocycles. The van der Waals surface area contributed by atoms with Gasteiger partial charge in [-0.05, 0) is 23.3 Å². The Morgan fingerprint density at radius 3 is 2.46 bits per heavy atom. The van der Waals surface area contributed by atoms with Crippen LogP contribution in [0, 0.1) is 5.82 Å². The summed E-state index contributed by atoms with van der Waals surface area (Å²) >= 11 is 0. The molecule has 5 nitrogen and oxygen atoms in total. The van der Waals surface area contributed by atoms with Crippen molar-refractivity contribution in [1.29, 1.82) is 0 Å². The number of ether oxygens (including phenoxy) is 1. The monoisotopic (exact) mass is 329 g/mol. The zero-order valence-corrected chi connectivity index (χ0v) is 12.8. The van der Waals surface area contributed by atoms with E-state index in [1.54, 1.807) is 36.4 Å². The number of amides is 1. The maximum Gasteiger partial charge on any atom is 0.335 e. The van der Waals surface area contributed by atoms with Gasteiger partial charge in [-0.25, -0.2) is 9.18 Å². The number of hydrogen-bond acceptors (Lipinski definition) is 3. The van der Waals surface area contributed by atoms with E-state index in [9.17, 15) is 19.1 Å². The fraction of sp³-hybridized carbons (Fsp3) is 0.222. The zero-order valence-electron chi connectivity index (χ0n) is 12.8. The smallest absolute Gasteiger partial charge is 0.335 e. The first kappa shape index (κ1) is 16.1. The van der Waals surface area contributed by atoms with Gasteiger partial charge in [-0.1, -0.05) is 42.5 Å². The Balaban J connectivity index is 1.96. The minimum Gasteiger partial charge on any atom is -0.479 e. The lowest BCUT2D eigenvalue weighted by Crippen LogP contribution is -2.51. The molecule has 1 aliphatic rings. The van der Waals surface area contributed by atoms with Crippen molar-refractivity contribution in [2.75, 3.05) is 6.61 Å². The SMILES string of the molecule is O=C(O)[C@@H]1OCC(=O)N(Cc2ccc(F)cc2)[C@@H]1c1ccccc1. The molecule has 2 atom stereocenters. The average molecular weight is 329 g/mol. The van der Waals surface area contributed by atoms with Gasteiger partial charge < -0.3 is 14.7 Å². The quantitative estimate of drug-likeness (QED) is 0.935. The normalized spacial score (nSPS) is 20.9. The van der Waals surface area contributed by atoms with Crippen molar-refractivity contribution in [2.45, 2.75) is 18.7 Å². The molecule has 2 aromatic rings. The lowest BCUT2D eigenvalue weighted by molar-refractivity contribution is -0.174. The second-order valence-corrected chi connectivity index (χ2v) is 5.57. The summed E-state index contributed by atoms with van der Waals surface area (Å²) in [5.41, 5.74) is 1.40. The summed E-state index contributed by atoms with van der Waals surface area (Å²) in [5.74, 6) is -1.79. The van der Waals surface area contributed by atoms with Crippen molar-refractivity contribution >= 4 is 11.9 Å². The molecule has 1 N–H and O–H groups in total. The molecule has 1 heterocycles. The molecule has 6 heteroatoms. The molecule has 0 saturated carbocycles. The van der Waals surface area contributed by atoms with Crippen molar-refractivity contribution < 1.29 is 23.8 Å². The summed E-state index contributed by atoms with van der Waals surface area (Å²) in [5, 5.41) is 9.46. The van der Waals surface area contributed by atoms with Crippen molar-refractivity contribution in [3.8, 4) is 0 Å². The van der Waals surface area contributed by atoms with Gasteiger partial charge >= 0.3 is 5.97 Å². The number of aliphatic carboxylic acids is 1. The Morgan fingerprint density at radius 2 is 1.83 bits per heavy atom. The van der Waals surface area contributed by atoms with Crippen LogP contribution in [0.15, 0.2) is 54.6 Å². The van der Waals surface area contributed by atoms with Gasteiger partial charge in [-0.3, -0.25) is 4.79 Å². The second-order valence-electron chi connectivity index (χ2n) is 5.57. The minimum absolute atomic E-state index is 0.186. The van der Waals surface area contributed by atoms with Gasteiger partial charge in [0.2, 0.25) is 5.91 Å². The van der Waals surface area contributed by atoms with Gasteiger partial charge in [-0.15, -0.1) is 0 Å². The Hall–Kier alpha value is -2.73. The molecular formula is C18H16FNO4. The zero-order chi connectivity index (χ0) is 17.1. The van der Waals surface area contributed by atoms with Gasteiger partial charge in [0.05, 0.1) is 6.04 Å². The highest BCUT2D eigenvalue weighted by atomic mass is 19.1. The Morgan fingerprint density at radius 1 is 1.17 bits per heavy atom. The lowest BCUT2D eigenvalue weighted by atomic mass is 9.97. The number of benzene rings is 2. The maximum absolute atomic E-state index is 13.1. The minimum atomic E-state index is -1.15.